The van der Waals surface area contributed by atoms with E-state index in [4.69, 9.17) is 5.73 Å². The number of carbonyl (C=O) groups excluding carboxylic acids is 2. The quantitative estimate of drug-likeness (QED) is 0.730. The average Bonchev–Trinajstić information content (AvgIpc) is 2.55. The molecular formula is C19H23N3O2. The molecule has 5 nitrogen and oxygen atoms in total. The lowest BCUT2D eigenvalue weighted by Crippen LogP contribution is -2.26. The van der Waals surface area contributed by atoms with Crippen molar-refractivity contribution in [3.8, 4) is 0 Å². The summed E-state index contributed by atoms with van der Waals surface area (Å²) in [5, 5.41) is 6.15. The van der Waals surface area contributed by atoms with Crippen LogP contribution in [0, 0.1) is 5.92 Å². The first-order valence-corrected chi connectivity index (χ1v) is 8.01. The van der Waals surface area contributed by atoms with Gasteiger partial charge in [0.2, 0.25) is 5.91 Å². The zero-order chi connectivity index (χ0) is 17.5. The van der Waals surface area contributed by atoms with Gasteiger partial charge in [0.25, 0.3) is 5.91 Å². The van der Waals surface area contributed by atoms with Crippen LogP contribution in [0.3, 0.4) is 0 Å². The van der Waals surface area contributed by atoms with Crippen molar-refractivity contribution in [2.24, 2.45) is 11.7 Å². The summed E-state index contributed by atoms with van der Waals surface area (Å²) >= 11 is 0. The van der Waals surface area contributed by atoms with Crippen molar-refractivity contribution < 1.29 is 9.59 Å². The van der Waals surface area contributed by atoms with E-state index in [2.05, 4.69) is 24.5 Å². The normalized spacial score (nSPS) is 10.5. The van der Waals surface area contributed by atoms with Crippen LogP contribution in [0.1, 0.15) is 41.0 Å². The largest absolute Gasteiger partial charge is 0.366 e. The molecule has 0 saturated heterocycles. The Balaban J connectivity index is 2.10. The first-order chi connectivity index (χ1) is 11.5. The summed E-state index contributed by atoms with van der Waals surface area (Å²) in [5.74, 6) is -0.0265. The topological polar surface area (TPSA) is 84.2 Å². The van der Waals surface area contributed by atoms with E-state index in [-0.39, 0.29) is 5.91 Å². The number of nitrogens with one attached hydrogen (secondary N) is 2. The number of primary amides is 1. The van der Waals surface area contributed by atoms with Gasteiger partial charge in [0.05, 0.1) is 11.3 Å². The highest BCUT2D eigenvalue weighted by molar-refractivity contribution is 6.00. The van der Waals surface area contributed by atoms with E-state index in [1.165, 1.54) is 0 Å². The van der Waals surface area contributed by atoms with Gasteiger partial charge >= 0.3 is 0 Å². The van der Waals surface area contributed by atoms with E-state index in [1.807, 2.05) is 18.2 Å². The molecule has 5 heteroatoms. The van der Waals surface area contributed by atoms with E-state index in [1.54, 1.807) is 30.3 Å². The van der Waals surface area contributed by atoms with Gasteiger partial charge in [-0.3, -0.25) is 9.59 Å². The highest BCUT2D eigenvalue weighted by atomic mass is 16.2. The molecule has 2 aromatic carbocycles. The van der Waals surface area contributed by atoms with Crippen molar-refractivity contribution in [3.05, 3.63) is 59.7 Å². The third-order valence-electron chi connectivity index (χ3n) is 3.63. The number of carbonyl (C=O) groups is 2. The number of benzene rings is 2. The number of para-hydroxylation sites is 1. The lowest BCUT2D eigenvalue weighted by Gasteiger charge is -2.13. The van der Waals surface area contributed by atoms with Crippen molar-refractivity contribution in [2.75, 3.05) is 11.9 Å². The van der Waals surface area contributed by atoms with E-state index in [0.29, 0.717) is 29.3 Å². The molecule has 0 heterocycles. The van der Waals surface area contributed by atoms with Crippen LogP contribution in [0.15, 0.2) is 48.5 Å². The van der Waals surface area contributed by atoms with Crippen molar-refractivity contribution in [3.63, 3.8) is 0 Å². The van der Waals surface area contributed by atoms with Crippen molar-refractivity contribution >= 4 is 23.2 Å². The second-order valence-electron chi connectivity index (χ2n) is 6.05. The average molecular weight is 325 g/mol. The second kappa shape index (κ2) is 8.15. The molecule has 0 aliphatic carbocycles. The lowest BCUT2D eigenvalue weighted by molar-refractivity contribution is 0.0951. The monoisotopic (exact) mass is 325 g/mol. The van der Waals surface area contributed by atoms with Gasteiger partial charge < -0.3 is 16.4 Å². The molecule has 0 bridgehead atoms. The van der Waals surface area contributed by atoms with E-state index < -0.39 is 5.91 Å². The Morgan fingerprint density at radius 1 is 1.04 bits per heavy atom. The van der Waals surface area contributed by atoms with Crippen molar-refractivity contribution in [1.82, 2.24) is 5.32 Å². The predicted molar refractivity (Wildman–Crippen MR) is 96.5 cm³/mol. The summed E-state index contributed by atoms with van der Waals surface area (Å²) in [6.45, 7) is 4.90. The highest BCUT2D eigenvalue weighted by Gasteiger charge is 2.11. The van der Waals surface area contributed by atoms with Crippen LogP contribution in [0.4, 0.5) is 11.4 Å². The summed E-state index contributed by atoms with van der Waals surface area (Å²) < 4.78 is 0. The van der Waals surface area contributed by atoms with E-state index in [0.717, 1.165) is 12.1 Å². The SMILES string of the molecule is CC(C)CCNC(=O)c1ccccc1Nc1ccc(C(N)=O)cc1. The Morgan fingerprint density at radius 2 is 1.71 bits per heavy atom. The number of amides is 2. The second-order valence-corrected chi connectivity index (χ2v) is 6.05. The van der Waals surface area contributed by atoms with Crippen molar-refractivity contribution in [1.29, 1.82) is 0 Å². The third kappa shape index (κ3) is 4.84. The maximum absolute atomic E-state index is 12.4. The Labute approximate surface area is 142 Å². The van der Waals surface area contributed by atoms with E-state index in [9.17, 15) is 9.59 Å². The standard InChI is InChI=1S/C19H23N3O2/c1-13(2)11-12-21-19(24)16-5-3-4-6-17(16)22-15-9-7-14(8-10-15)18(20)23/h3-10,13,22H,11-12H2,1-2H3,(H2,20,23)(H,21,24). The first-order valence-electron chi connectivity index (χ1n) is 8.01. The molecule has 0 saturated carbocycles. The summed E-state index contributed by atoms with van der Waals surface area (Å²) in [4.78, 5) is 23.5. The fraction of sp³-hybridized carbons (Fsp3) is 0.263. The molecule has 0 aromatic heterocycles. The van der Waals surface area contributed by atoms with Crippen LogP contribution in [0.25, 0.3) is 0 Å². The number of hydrogen-bond donors (Lipinski definition) is 3. The molecule has 4 N–H and O–H groups in total. The predicted octanol–water partition coefficient (Wildman–Crippen LogP) is 3.31. The van der Waals surface area contributed by atoms with Gasteiger partial charge in [-0.1, -0.05) is 26.0 Å². The van der Waals surface area contributed by atoms with Crippen LogP contribution in [0.5, 0.6) is 0 Å². The molecule has 0 aliphatic rings. The fourth-order valence-corrected chi connectivity index (χ4v) is 2.23. The van der Waals surface area contributed by atoms with Gasteiger partial charge in [0.15, 0.2) is 0 Å². The van der Waals surface area contributed by atoms with Gasteiger partial charge in [-0.25, -0.2) is 0 Å². The lowest BCUT2D eigenvalue weighted by atomic mass is 10.1. The molecule has 0 spiro atoms. The number of hydrogen-bond acceptors (Lipinski definition) is 3. The summed E-state index contributed by atoms with van der Waals surface area (Å²) in [6, 6.07) is 14.1. The Hall–Kier alpha value is -2.82. The molecule has 0 aliphatic heterocycles. The molecule has 0 atom stereocenters. The molecule has 2 aromatic rings. The minimum absolute atomic E-state index is 0.104. The molecule has 2 amide bonds. The summed E-state index contributed by atoms with van der Waals surface area (Å²) in [6.07, 6.45) is 0.940. The van der Waals surface area contributed by atoms with Gasteiger partial charge in [0.1, 0.15) is 0 Å². The Bertz CT molecular complexity index is 709. The van der Waals surface area contributed by atoms with Crippen LogP contribution in [-0.4, -0.2) is 18.4 Å². The molecular weight excluding hydrogens is 302 g/mol. The highest BCUT2D eigenvalue weighted by Crippen LogP contribution is 2.21. The van der Waals surface area contributed by atoms with Gasteiger partial charge in [-0.15, -0.1) is 0 Å². The third-order valence-corrected chi connectivity index (χ3v) is 3.63. The minimum atomic E-state index is -0.466. The number of rotatable bonds is 7. The van der Waals surface area contributed by atoms with Gasteiger partial charge in [0, 0.05) is 17.8 Å². The van der Waals surface area contributed by atoms with Crippen molar-refractivity contribution in [2.45, 2.75) is 20.3 Å². The van der Waals surface area contributed by atoms with Crippen LogP contribution in [-0.2, 0) is 0 Å². The zero-order valence-corrected chi connectivity index (χ0v) is 14.0. The maximum Gasteiger partial charge on any atom is 0.253 e. The van der Waals surface area contributed by atoms with Crippen LogP contribution < -0.4 is 16.4 Å². The number of anilines is 2. The smallest absolute Gasteiger partial charge is 0.253 e. The molecule has 0 fully saturated rings. The van der Waals surface area contributed by atoms with Gasteiger partial charge in [-0.05, 0) is 48.7 Å². The minimum Gasteiger partial charge on any atom is -0.366 e. The van der Waals surface area contributed by atoms with Crippen LogP contribution in [0.2, 0.25) is 0 Å². The summed E-state index contributed by atoms with van der Waals surface area (Å²) in [7, 11) is 0. The molecule has 0 radical (unpaired) electrons. The van der Waals surface area contributed by atoms with Gasteiger partial charge in [-0.2, -0.15) is 0 Å². The molecule has 2 rings (SSSR count). The number of nitrogens with two attached hydrogens (primary N) is 1. The van der Waals surface area contributed by atoms with Crippen LogP contribution >= 0.6 is 0 Å². The maximum atomic E-state index is 12.4. The Morgan fingerprint density at radius 3 is 2.33 bits per heavy atom. The Kier molecular flexibility index (Phi) is 5.95. The molecule has 24 heavy (non-hydrogen) atoms. The summed E-state index contributed by atoms with van der Waals surface area (Å²) in [5.41, 5.74) is 7.76. The molecule has 0 unspecified atom stereocenters. The zero-order valence-electron chi connectivity index (χ0n) is 14.0. The fourth-order valence-electron chi connectivity index (χ4n) is 2.23. The molecule has 126 valence electrons. The first kappa shape index (κ1) is 17.5. The van der Waals surface area contributed by atoms with E-state index >= 15 is 0 Å².